The molecule has 98 heavy (non-hydrogen) atoms. The largest absolute Gasteiger partial charge is 0.870 e. The number of nitrogens with zero attached hydrogens (tertiary/aromatic N) is 5. The summed E-state index contributed by atoms with van der Waals surface area (Å²) < 4.78 is 21.2. The third-order valence-electron chi connectivity index (χ3n) is 18.1. The SMILES string of the molecule is COCCCCCCCOc1ccc(-c2nnc(-c3ccc(C(=O)N[C@H]4C[C@H](O)CNC(=O)[C@@H]5[C@@H](O)[C@H](C)CN5C(=O)[C@H]([C@H](O)CCNC5CC[N+](C)(C)CC5)NC(=O)[C@H]([C@H](O)Cc5ccc([O-])c(OSOOO)c5)NC(=O)[C@@H]5C[C@H](O)CN5C(=O)[C@H]([C@H](C)O)NC4=O)cc3)s2)cc1. The molecule has 1 aromatic heterocycles. The molecule has 0 spiro atoms. The van der Waals surface area contributed by atoms with Crippen LogP contribution in [0, 0.1) is 5.92 Å². The number of likely N-dealkylation sites (tertiary alicyclic amines) is 1. The van der Waals surface area contributed by atoms with Crippen LogP contribution in [-0.4, -0.2) is 254 Å². The first-order valence-electron chi connectivity index (χ1n) is 32.9. The predicted molar refractivity (Wildman–Crippen MR) is 353 cm³/mol. The maximum absolute atomic E-state index is 15.2. The van der Waals surface area contributed by atoms with Crippen molar-refractivity contribution in [3.8, 4) is 38.4 Å². The van der Waals surface area contributed by atoms with Gasteiger partial charge in [0.1, 0.15) is 57.8 Å². The van der Waals surface area contributed by atoms with Crippen LogP contribution in [0.3, 0.4) is 0 Å². The van der Waals surface area contributed by atoms with Gasteiger partial charge in [-0.3, -0.25) is 33.6 Å². The number of quaternary nitrogens is 1. The Kier molecular flexibility index (Phi) is 28.3. The normalized spacial score (nSPS) is 25.6. The number of carbonyl (C=O) groups is 7. The number of aromatic nitrogens is 2. The minimum atomic E-state index is -2.11. The predicted octanol–water partition coefficient (Wildman–Crippen LogP) is -0.548. The number of nitrogens with one attached hydrogen (secondary N) is 6. The van der Waals surface area contributed by atoms with Crippen LogP contribution >= 0.6 is 23.7 Å². The van der Waals surface area contributed by atoms with Gasteiger partial charge < -0.3 is 95.6 Å². The summed E-state index contributed by atoms with van der Waals surface area (Å²) in [5.41, 5.74) is 1.53. The van der Waals surface area contributed by atoms with Gasteiger partial charge >= 0.3 is 0 Å². The van der Waals surface area contributed by atoms with Gasteiger partial charge in [0.15, 0.2) is 0 Å². The van der Waals surface area contributed by atoms with Crippen molar-refractivity contribution < 1.29 is 102 Å². The number of rotatable bonds is 26. The van der Waals surface area contributed by atoms with Gasteiger partial charge in [0, 0.05) is 94.1 Å². The van der Waals surface area contributed by atoms with Crippen molar-refractivity contribution in [2.24, 2.45) is 5.92 Å². The summed E-state index contributed by atoms with van der Waals surface area (Å²) >= 11 is 1.36. The van der Waals surface area contributed by atoms with Crippen molar-refractivity contribution in [1.82, 2.24) is 51.9 Å². The van der Waals surface area contributed by atoms with E-state index in [1.807, 2.05) is 24.3 Å². The summed E-state index contributed by atoms with van der Waals surface area (Å²) in [4.78, 5) is 105. The van der Waals surface area contributed by atoms with Crippen LogP contribution in [-0.2, 0) is 49.3 Å². The Hall–Kier alpha value is -7.22. The summed E-state index contributed by atoms with van der Waals surface area (Å²) in [6, 6.07) is 5.97. The first kappa shape index (κ1) is 76.5. The van der Waals surface area contributed by atoms with E-state index in [1.54, 1.807) is 26.2 Å². The zero-order valence-corrected chi connectivity index (χ0v) is 57.0. The van der Waals surface area contributed by atoms with Gasteiger partial charge in [0.05, 0.1) is 70.4 Å². The fraction of sp³-hybridized carbons (Fsp3) is 0.585. The molecule has 5 heterocycles. The summed E-state index contributed by atoms with van der Waals surface area (Å²) in [5.74, 6) is -8.83. The third-order valence-corrected chi connectivity index (χ3v) is 19.5. The molecule has 4 fully saturated rings. The number of methoxy groups -OCH3 is 1. The van der Waals surface area contributed by atoms with Crippen molar-refractivity contribution in [1.29, 1.82) is 0 Å². The lowest BCUT2D eigenvalue weighted by atomic mass is 9.98. The molecule has 0 unspecified atom stereocenters. The number of benzene rings is 3. The number of carbonyl (C=O) groups excluding carboxylic acids is 7. The first-order valence-corrected chi connectivity index (χ1v) is 34.3. The van der Waals surface area contributed by atoms with Crippen molar-refractivity contribution in [3.05, 3.63) is 77.9 Å². The van der Waals surface area contributed by atoms with Crippen LogP contribution in [0.2, 0.25) is 0 Å². The molecule has 0 bridgehead atoms. The standard InChI is InChI=1S/C65H91N11O20S2/c1-36-34-75-55(56(36)83)61(88)67-33-43(78)31-46(68-57(84)39-12-14-40(15-13-39)62-72-73-63(97-62)41-16-18-45(19-17-41)93-28-10-8-6-7-9-27-92-5)58(85)69-52(37(2)77)64(89)74-35-44(79)32-47(74)59(86)70-53(50(82)29-38-11-20-48(80)51(30-38)94-98-96-95-91)60(87)71-54(65(75)90)49(81)21-24-66-42-22-25-76(3,4)26-23-42/h11-20,30,36-37,42-44,46-47,49-50,52-56,66,77-79,81-83H,6-10,21-29,31-35H2,1-5H3,(H6-,67,68,69,70,71,80,84,85,86,87,88,91)/t36-,37+,43+,44+,46+,47+,49-,50-,52+,53+,54+,55+,56+/m1/s1. The molecule has 13 atom stereocenters. The highest BCUT2D eigenvalue weighted by Crippen LogP contribution is 2.33. The number of aliphatic hydroxyl groups is 6. The van der Waals surface area contributed by atoms with E-state index >= 15 is 9.59 Å². The number of ether oxygens (including phenoxy) is 2. The van der Waals surface area contributed by atoms with Crippen molar-refractivity contribution in [2.75, 3.05) is 73.7 Å². The molecule has 0 aliphatic carbocycles. The number of amides is 7. The van der Waals surface area contributed by atoms with E-state index in [0.717, 1.165) is 109 Å². The monoisotopic (exact) mass is 1410 g/mol. The Bertz CT molecular complexity index is 3310. The van der Waals surface area contributed by atoms with Crippen LogP contribution < -0.4 is 45.9 Å². The molecule has 3 aromatic carbocycles. The maximum Gasteiger partial charge on any atom is 0.261 e. The highest BCUT2D eigenvalue weighted by Gasteiger charge is 2.50. The Morgan fingerprint density at radius 2 is 1.40 bits per heavy atom. The fourth-order valence-corrected chi connectivity index (χ4v) is 13.5. The van der Waals surface area contributed by atoms with Crippen LogP contribution in [0.4, 0.5) is 0 Å². The molecule has 0 radical (unpaired) electrons. The molecular weight excluding hydrogens is 1320 g/mol. The quantitative estimate of drug-likeness (QED) is 0.0123. The second-order valence-corrected chi connectivity index (χ2v) is 27.5. The van der Waals surface area contributed by atoms with E-state index in [0.29, 0.717) is 22.2 Å². The molecule has 8 rings (SSSR count). The molecule has 4 aromatic rings. The number of fused-ring (bicyclic) bond motifs is 2. The highest BCUT2D eigenvalue weighted by molar-refractivity contribution is 7.90. The highest BCUT2D eigenvalue weighted by atomic mass is 32.2. The number of unbranched alkanes of at least 4 members (excludes halogenated alkanes) is 4. The fourth-order valence-electron chi connectivity index (χ4n) is 12.4. The van der Waals surface area contributed by atoms with E-state index in [4.69, 9.17) is 18.9 Å². The number of piperidine rings is 1. The molecule has 13 N–H and O–H groups in total. The van der Waals surface area contributed by atoms with Gasteiger partial charge in [-0.05, 0) is 80.8 Å². The van der Waals surface area contributed by atoms with Gasteiger partial charge in [0.25, 0.3) is 18.2 Å². The molecule has 31 nitrogen and oxygen atoms in total. The van der Waals surface area contributed by atoms with Gasteiger partial charge in [-0.1, -0.05) is 76.9 Å². The molecule has 33 heteroatoms. The lowest BCUT2D eigenvalue weighted by molar-refractivity contribution is -0.895. The second kappa shape index (κ2) is 36.2. The van der Waals surface area contributed by atoms with Gasteiger partial charge in [-0.25, -0.2) is 5.26 Å². The summed E-state index contributed by atoms with van der Waals surface area (Å²) in [5, 5.41) is 120. The Morgan fingerprint density at radius 1 is 0.765 bits per heavy atom. The lowest BCUT2D eigenvalue weighted by Crippen LogP contribution is -2.64. The number of hydrogen-bond acceptors (Lipinski definition) is 25. The van der Waals surface area contributed by atoms with Gasteiger partial charge in [-0.2, -0.15) is 0 Å². The van der Waals surface area contributed by atoms with Crippen molar-refractivity contribution >= 4 is 65.0 Å². The molecular formula is C65H91N11O20S2. The number of β-amino-alcohol motifs (C(OH)–C–C–N with tert-alkyl or cyclic N) is 1. The van der Waals surface area contributed by atoms with E-state index < -0.39 is 164 Å². The minimum Gasteiger partial charge on any atom is -0.870 e. The number of hydrogen-bond donors (Lipinski definition) is 13. The zero-order chi connectivity index (χ0) is 70.8. The molecule has 7 amide bonds. The molecule has 4 saturated heterocycles. The summed E-state index contributed by atoms with van der Waals surface area (Å²) in [6.07, 6.45) is -5.24. The topological polar surface area (TPSA) is 435 Å². The Balaban J connectivity index is 1.06. The lowest BCUT2D eigenvalue weighted by Gasteiger charge is -2.37. The third kappa shape index (κ3) is 20.9. The minimum absolute atomic E-state index is 0.0252. The maximum atomic E-state index is 15.2. The van der Waals surface area contributed by atoms with Crippen LogP contribution in [0.1, 0.15) is 94.0 Å². The van der Waals surface area contributed by atoms with Gasteiger partial charge in [-0.15, -0.1) is 10.2 Å². The van der Waals surface area contributed by atoms with Crippen LogP contribution in [0.25, 0.3) is 21.1 Å². The van der Waals surface area contributed by atoms with E-state index in [-0.39, 0.29) is 49.0 Å². The molecule has 4 aliphatic heterocycles. The summed E-state index contributed by atoms with van der Waals surface area (Å²) in [6.45, 7) is 4.36. The van der Waals surface area contributed by atoms with Crippen LogP contribution in [0.5, 0.6) is 17.2 Å². The van der Waals surface area contributed by atoms with Crippen molar-refractivity contribution in [2.45, 2.75) is 163 Å². The average Bonchev–Trinajstić information content (AvgIpc) is 1.63. The van der Waals surface area contributed by atoms with Gasteiger partial charge in [0.2, 0.25) is 35.4 Å². The van der Waals surface area contributed by atoms with E-state index in [2.05, 4.69) is 65.6 Å². The molecule has 0 saturated carbocycles. The smallest absolute Gasteiger partial charge is 0.261 e. The van der Waals surface area contributed by atoms with E-state index in [1.165, 1.54) is 29.5 Å². The summed E-state index contributed by atoms with van der Waals surface area (Å²) in [7, 11) is 5.92. The first-order chi connectivity index (χ1) is 46.8. The molecule has 4 aliphatic rings. The second-order valence-electron chi connectivity index (χ2n) is 26.1. The van der Waals surface area contributed by atoms with Crippen LogP contribution in [0.15, 0.2) is 66.7 Å². The Labute approximate surface area is 575 Å². The van der Waals surface area contributed by atoms with E-state index in [9.17, 15) is 59.7 Å². The van der Waals surface area contributed by atoms with Crippen molar-refractivity contribution in [3.63, 3.8) is 0 Å². The average molecular weight is 1410 g/mol. The zero-order valence-electron chi connectivity index (χ0n) is 55.4. The molecule has 538 valence electrons. The number of aliphatic hydroxyl groups excluding tert-OH is 6. The Morgan fingerprint density at radius 3 is 2.06 bits per heavy atom.